The number of nitrogens with zero attached hydrogens (tertiary/aromatic N) is 4. The van der Waals surface area contributed by atoms with E-state index in [0.717, 1.165) is 9.91 Å². The zero-order valence-corrected chi connectivity index (χ0v) is 25.2. The van der Waals surface area contributed by atoms with Crippen LogP contribution in [0.2, 0.25) is 0 Å². The Balaban J connectivity index is 1.16. The highest BCUT2D eigenvalue weighted by Crippen LogP contribution is 2.42. The molecule has 17 heteroatoms. The number of aliphatic carboxylic acids is 1. The second kappa shape index (κ2) is 13.1. The maximum atomic E-state index is 13.0. The summed E-state index contributed by atoms with van der Waals surface area (Å²) in [5.74, 6) is -2.73. The average molecular weight is 658 g/mol. The number of ether oxygens (including phenoxy) is 1. The Morgan fingerprint density at radius 2 is 1.89 bits per heavy atom. The Kier molecular flexibility index (Phi) is 9.28. The molecule has 5 rings (SSSR count). The summed E-state index contributed by atoms with van der Waals surface area (Å²) in [6.07, 6.45) is -1.66. The van der Waals surface area contributed by atoms with Crippen molar-refractivity contribution in [2.75, 3.05) is 11.5 Å². The smallest absolute Gasteiger partial charge is 0.352 e. The van der Waals surface area contributed by atoms with Crippen molar-refractivity contribution in [2.45, 2.75) is 35.4 Å². The number of nitro groups is 1. The number of aliphatic hydroxyl groups excluding tert-OH is 1. The minimum Gasteiger partial charge on any atom is -0.477 e. The summed E-state index contributed by atoms with van der Waals surface area (Å²) in [6, 6.07) is 9.99. The number of benzene rings is 2. The molecule has 44 heavy (non-hydrogen) atoms. The Hall–Kier alpha value is -4.32. The SMILES string of the molecule is Cc1nnc(SCC2=C(C(=O)O)N3C(=O)C(NC(=O)C(O)c4ccc(C(=O)OCc5ccc([N+](=O)[O-])cc5)cc4)[C@H]3SC2)s1. The number of thioether (sulfide) groups is 2. The Morgan fingerprint density at radius 1 is 1.18 bits per heavy atom. The molecule has 3 heterocycles. The van der Waals surface area contributed by atoms with Crippen molar-refractivity contribution >= 4 is 64.3 Å². The van der Waals surface area contributed by atoms with Crippen LogP contribution in [0.25, 0.3) is 0 Å². The first kappa shape index (κ1) is 31.1. The van der Waals surface area contributed by atoms with Gasteiger partial charge in [-0.1, -0.05) is 35.2 Å². The number of aliphatic hydroxyl groups is 1. The van der Waals surface area contributed by atoms with Gasteiger partial charge in [-0.2, -0.15) is 0 Å². The molecule has 228 valence electrons. The number of hydrogen-bond donors (Lipinski definition) is 3. The molecule has 0 saturated carbocycles. The van der Waals surface area contributed by atoms with Gasteiger partial charge in [0.25, 0.3) is 17.5 Å². The molecule has 2 amide bonds. The lowest BCUT2D eigenvalue weighted by Crippen LogP contribution is -2.70. The fraction of sp³-hybridized carbons (Fsp3) is 0.259. The molecule has 3 aromatic rings. The van der Waals surface area contributed by atoms with E-state index in [0.29, 0.717) is 27.0 Å². The highest BCUT2D eigenvalue weighted by Gasteiger charge is 2.54. The fourth-order valence-corrected chi connectivity index (χ4v) is 7.71. The van der Waals surface area contributed by atoms with Crippen LogP contribution in [-0.2, 0) is 25.7 Å². The van der Waals surface area contributed by atoms with E-state index in [9.17, 15) is 39.5 Å². The summed E-state index contributed by atoms with van der Waals surface area (Å²) >= 11 is 4.04. The number of carboxylic acid groups (broad SMARTS) is 1. The number of amides is 2. The van der Waals surface area contributed by atoms with Crippen LogP contribution in [0.15, 0.2) is 64.1 Å². The van der Waals surface area contributed by atoms with Crippen LogP contribution < -0.4 is 5.32 Å². The van der Waals surface area contributed by atoms with Gasteiger partial charge in [0, 0.05) is 23.6 Å². The largest absolute Gasteiger partial charge is 0.477 e. The van der Waals surface area contributed by atoms with E-state index >= 15 is 0 Å². The van der Waals surface area contributed by atoms with Crippen LogP contribution >= 0.6 is 34.9 Å². The van der Waals surface area contributed by atoms with E-state index < -0.39 is 46.2 Å². The molecular formula is C27H23N5O9S3. The Bertz CT molecular complexity index is 1660. The number of fused-ring (bicyclic) bond motifs is 1. The lowest BCUT2D eigenvalue weighted by Gasteiger charge is -2.49. The number of carbonyl (C=O) groups is 4. The molecule has 14 nitrogen and oxygen atoms in total. The minimum atomic E-state index is -1.66. The number of nitro benzene ring substituents is 1. The van der Waals surface area contributed by atoms with Gasteiger partial charge in [-0.3, -0.25) is 24.6 Å². The molecule has 0 radical (unpaired) electrons. The third-order valence-corrected chi connectivity index (χ3v) is 10.1. The van der Waals surface area contributed by atoms with Crippen molar-refractivity contribution in [3.63, 3.8) is 0 Å². The summed E-state index contributed by atoms with van der Waals surface area (Å²) < 4.78 is 5.91. The van der Waals surface area contributed by atoms with Crippen LogP contribution in [0.1, 0.15) is 32.6 Å². The molecule has 2 aromatic carbocycles. The normalized spacial score (nSPS) is 18.2. The van der Waals surface area contributed by atoms with Crippen LogP contribution in [0, 0.1) is 17.0 Å². The number of carboxylic acids is 1. The van der Waals surface area contributed by atoms with Crippen LogP contribution in [0.3, 0.4) is 0 Å². The maximum absolute atomic E-state index is 13.0. The van der Waals surface area contributed by atoms with Crippen molar-refractivity contribution in [3.8, 4) is 0 Å². The van der Waals surface area contributed by atoms with Crippen LogP contribution in [0.4, 0.5) is 5.69 Å². The number of β-lactam (4-membered cyclic amide) rings is 1. The van der Waals surface area contributed by atoms with Crippen molar-refractivity contribution in [1.29, 1.82) is 0 Å². The fourth-order valence-electron chi connectivity index (χ4n) is 4.41. The van der Waals surface area contributed by atoms with Gasteiger partial charge in [0.1, 0.15) is 28.7 Å². The zero-order valence-electron chi connectivity index (χ0n) is 22.7. The van der Waals surface area contributed by atoms with E-state index in [-0.39, 0.29) is 29.1 Å². The molecule has 0 spiro atoms. The van der Waals surface area contributed by atoms with E-state index in [1.807, 2.05) is 6.92 Å². The van der Waals surface area contributed by atoms with Gasteiger partial charge in [-0.05, 0) is 47.9 Å². The van der Waals surface area contributed by atoms with Crippen molar-refractivity contribution < 1.29 is 39.1 Å². The highest BCUT2D eigenvalue weighted by molar-refractivity contribution is 8.01. The van der Waals surface area contributed by atoms with E-state index in [1.165, 1.54) is 83.4 Å². The summed E-state index contributed by atoms with van der Waals surface area (Å²) in [5.41, 5.74) is 1.21. The standard InChI is InChI=1S/C27H23N5O9S3/c1-13-29-30-27(44-13)43-12-17-11-42-24-19(23(35)31(24)20(17)25(36)37)28-22(34)21(33)15-4-6-16(7-5-15)26(38)41-10-14-2-8-18(9-3-14)32(39)40/h2-9,19,21,24,33H,10-12H2,1H3,(H,28,34)(H,36,37)/t19?,21?,24-/m1/s1. The number of esters is 1. The topological polar surface area (TPSA) is 202 Å². The lowest BCUT2D eigenvalue weighted by atomic mass is 10.0. The van der Waals surface area contributed by atoms with Gasteiger partial charge >= 0.3 is 11.9 Å². The number of non-ortho nitro benzene ring substituents is 1. The molecule has 0 aliphatic carbocycles. The zero-order chi connectivity index (χ0) is 31.5. The Labute approximate surface area is 261 Å². The first-order valence-corrected chi connectivity index (χ1v) is 15.7. The number of hydrogen-bond acceptors (Lipinski definition) is 13. The van der Waals surface area contributed by atoms with Gasteiger partial charge < -0.3 is 20.3 Å². The molecule has 0 bridgehead atoms. The van der Waals surface area contributed by atoms with Gasteiger partial charge in [0.15, 0.2) is 10.4 Å². The monoisotopic (exact) mass is 657 g/mol. The van der Waals surface area contributed by atoms with E-state index in [4.69, 9.17) is 4.74 Å². The predicted octanol–water partition coefficient (Wildman–Crippen LogP) is 2.68. The summed E-state index contributed by atoms with van der Waals surface area (Å²) in [4.78, 5) is 61.7. The molecule has 2 aliphatic rings. The predicted molar refractivity (Wildman–Crippen MR) is 159 cm³/mol. The Morgan fingerprint density at radius 3 is 2.50 bits per heavy atom. The molecular weight excluding hydrogens is 635 g/mol. The first-order chi connectivity index (χ1) is 21.0. The van der Waals surface area contributed by atoms with Crippen LogP contribution in [0.5, 0.6) is 0 Å². The van der Waals surface area contributed by atoms with Gasteiger partial charge in [-0.15, -0.1) is 22.0 Å². The van der Waals surface area contributed by atoms with Gasteiger partial charge in [0.2, 0.25) is 0 Å². The minimum absolute atomic E-state index is 0.0866. The first-order valence-electron chi connectivity index (χ1n) is 12.8. The molecule has 2 unspecified atom stereocenters. The average Bonchev–Trinajstić information content (AvgIpc) is 3.45. The molecule has 3 N–H and O–H groups in total. The van der Waals surface area contributed by atoms with E-state index in [1.54, 1.807) is 0 Å². The van der Waals surface area contributed by atoms with Crippen molar-refractivity contribution in [3.05, 3.63) is 91.6 Å². The molecule has 1 saturated heterocycles. The van der Waals surface area contributed by atoms with E-state index in [2.05, 4.69) is 15.5 Å². The number of rotatable bonds is 11. The third kappa shape index (κ3) is 6.59. The van der Waals surface area contributed by atoms with Gasteiger partial charge in [0.05, 0.1) is 10.5 Å². The third-order valence-electron chi connectivity index (χ3n) is 6.65. The molecule has 1 aromatic heterocycles. The second-order valence-corrected chi connectivity index (χ2v) is 13.1. The molecule has 1 fully saturated rings. The lowest BCUT2D eigenvalue weighted by molar-refractivity contribution is -0.384. The molecule has 3 atom stereocenters. The van der Waals surface area contributed by atoms with Crippen molar-refractivity contribution in [2.24, 2.45) is 0 Å². The second-order valence-electron chi connectivity index (χ2n) is 9.55. The number of carbonyl (C=O) groups excluding carboxylic acids is 3. The number of aryl methyl sites for hydroxylation is 1. The van der Waals surface area contributed by atoms with Gasteiger partial charge in [-0.25, -0.2) is 9.59 Å². The summed E-state index contributed by atoms with van der Waals surface area (Å²) in [5, 5.41) is 41.9. The number of aromatic nitrogens is 2. The summed E-state index contributed by atoms with van der Waals surface area (Å²) in [7, 11) is 0. The molecule has 2 aliphatic heterocycles. The quantitative estimate of drug-likeness (QED) is 0.0894. The maximum Gasteiger partial charge on any atom is 0.352 e. The summed E-state index contributed by atoms with van der Waals surface area (Å²) in [6.45, 7) is 1.70. The number of nitrogens with one attached hydrogen (secondary N) is 1. The highest BCUT2D eigenvalue weighted by atomic mass is 32.2. The van der Waals surface area contributed by atoms with Crippen molar-refractivity contribution in [1.82, 2.24) is 20.4 Å². The van der Waals surface area contributed by atoms with Crippen LogP contribution in [-0.4, -0.2) is 76.9 Å².